The van der Waals surface area contributed by atoms with Gasteiger partial charge in [0.25, 0.3) is 0 Å². The van der Waals surface area contributed by atoms with Crippen LogP contribution >= 0.6 is 15.9 Å². The molecule has 25 heavy (non-hydrogen) atoms. The Morgan fingerprint density at radius 2 is 2.12 bits per heavy atom. The zero-order valence-corrected chi connectivity index (χ0v) is 14.4. The summed E-state index contributed by atoms with van der Waals surface area (Å²) in [4.78, 5) is 12.1. The number of benzene rings is 1. The highest BCUT2D eigenvalue weighted by molar-refractivity contribution is 9.10. The molecule has 126 valence electrons. The van der Waals surface area contributed by atoms with Gasteiger partial charge in [0.05, 0.1) is 17.2 Å². The van der Waals surface area contributed by atoms with Crippen molar-refractivity contribution >= 4 is 32.9 Å². The van der Waals surface area contributed by atoms with Crippen molar-refractivity contribution in [1.29, 1.82) is 0 Å². The number of nitrogens with one attached hydrogen (secondary N) is 1. The summed E-state index contributed by atoms with van der Waals surface area (Å²) in [6, 6.07) is 8.79. The number of nitrogens with zero attached hydrogens (tertiary/aromatic N) is 4. The number of aromatic nitrogens is 5. The Hall–Kier alpha value is -2.94. The fourth-order valence-corrected chi connectivity index (χ4v) is 2.68. The highest BCUT2D eigenvalue weighted by atomic mass is 79.9. The third-order valence-corrected chi connectivity index (χ3v) is 3.94. The molecule has 0 atom stereocenters. The van der Waals surface area contributed by atoms with Gasteiger partial charge in [-0.05, 0) is 45.8 Å². The lowest BCUT2D eigenvalue weighted by Crippen LogP contribution is -2.04. The van der Waals surface area contributed by atoms with Crippen molar-refractivity contribution in [2.45, 2.75) is 13.2 Å². The van der Waals surface area contributed by atoms with Crippen LogP contribution in [0.3, 0.4) is 0 Å². The number of fused-ring (bicyclic) bond motifs is 1. The normalized spacial score (nSPS) is 11.1. The molecule has 4 rings (SSSR count). The van der Waals surface area contributed by atoms with Crippen LogP contribution in [0.1, 0.15) is 21.9 Å². The molecule has 0 bridgehead atoms. The van der Waals surface area contributed by atoms with Gasteiger partial charge in [0.1, 0.15) is 23.4 Å². The summed E-state index contributed by atoms with van der Waals surface area (Å²) in [5.41, 5.74) is 2.30. The van der Waals surface area contributed by atoms with Crippen molar-refractivity contribution in [3.05, 3.63) is 64.3 Å². The summed E-state index contributed by atoms with van der Waals surface area (Å²) in [7, 11) is 0. The van der Waals surface area contributed by atoms with Crippen LogP contribution < -0.4 is 0 Å². The van der Waals surface area contributed by atoms with E-state index >= 15 is 0 Å². The first-order valence-electron chi connectivity index (χ1n) is 7.40. The third-order valence-electron chi connectivity index (χ3n) is 3.53. The van der Waals surface area contributed by atoms with Crippen LogP contribution in [0.2, 0.25) is 0 Å². The average Bonchev–Trinajstić information content (AvgIpc) is 3.33. The van der Waals surface area contributed by atoms with E-state index < -0.39 is 5.97 Å². The van der Waals surface area contributed by atoms with Crippen LogP contribution in [0, 0.1) is 0 Å². The molecule has 1 aromatic carbocycles. The maximum atomic E-state index is 12.1. The predicted molar refractivity (Wildman–Crippen MR) is 90.7 cm³/mol. The predicted octanol–water partition coefficient (Wildman–Crippen LogP) is 2.92. The second kappa shape index (κ2) is 6.52. The number of halogens is 1. The number of hydrogen-bond acceptors (Lipinski definition) is 6. The average molecular weight is 402 g/mol. The Bertz CT molecular complexity index is 1040. The van der Waals surface area contributed by atoms with Gasteiger partial charge in [-0.3, -0.25) is 4.68 Å². The molecule has 9 heteroatoms. The smallest absolute Gasteiger partial charge is 0.374 e. The standard InChI is InChI=1S/C16H12BrN5O3/c17-11-6-18-22(7-11)8-12-2-4-15(25-12)16(23)24-9-10-1-3-13-14(5-10)20-21-19-13/h1-7H,8-9H2,(H,19,20,21). The second-order valence-corrected chi connectivity index (χ2v) is 6.26. The first-order chi connectivity index (χ1) is 12.2. The summed E-state index contributed by atoms with van der Waals surface area (Å²) in [5.74, 6) is 0.253. The molecule has 3 heterocycles. The zero-order valence-electron chi connectivity index (χ0n) is 12.8. The molecule has 0 aliphatic rings. The Labute approximate surface area is 149 Å². The maximum absolute atomic E-state index is 12.1. The minimum atomic E-state index is -0.520. The van der Waals surface area contributed by atoms with Gasteiger partial charge >= 0.3 is 5.97 Å². The lowest BCUT2D eigenvalue weighted by Gasteiger charge is -2.03. The molecule has 0 fully saturated rings. The summed E-state index contributed by atoms with van der Waals surface area (Å²) >= 11 is 3.33. The summed E-state index contributed by atoms with van der Waals surface area (Å²) < 4.78 is 13.4. The second-order valence-electron chi connectivity index (χ2n) is 5.34. The third kappa shape index (κ3) is 3.45. The molecule has 0 spiro atoms. The van der Waals surface area contributed by atoms with E-state index in [0.29, 0.717) is 12.3 Å². The minimum absolute atomic E-state index is 0.129. The molecule has 0 radical (unpaired) electrons. The largest absolute Gasteiger partial charge is 0.455 e. The fraction of sp³-hybridized carbons (Fsp3) is 0.125. The molecule has 8 nitrogen and oxygen atoms in total. The highest BCUT2D eigenvalue weighted by Gasteiger charge is 2.14. The Morgan fingerprint density at radius 1 is 1.24 bits per heavy atom. The van der Waals surface area contributed by atoms with Crippen LogP contribution in [0.25, 0.3) is 11.0 Å². The SMILES string of the molecule is O=C(OCc1ccc2n[nH]nc2c1)c1ccc(Cn2cc(Br)cn2)o1. The van der Waals surface area contributed by atoms with Crippen molar-refractivity contribution in [1.82, 2.24) is 25.2 Å². The first kappa shape index (κ1) is 15.6. The number of rotatable bonds is 5. The number of ether oxygens (including phenoxy) is 1. The molecule has 0 aliphatic carbocycles. The van der Waals surface area contributed by atoms with Crippen LogP contribution in [0.15, 0.2) is 51.6 Å². The molecule has 0 saturated heterocycles. The number of furan rings is 1. The van der Waals surface area contributed by atoms with E-state index in [4.69, 9.17) is 9.15 Å². The van der Waals surface area contributed by atoms with Gasteiger partial charge in [0.15, 0.2) is 0 Å². The summed E-state index contributed by atoms with van der Waals surface area (Å²) in [6.07, 6.45) is 3.50. The van der Waals surface area contributed by atoms with E-state index in [-0.39, 0.29) is 12.4 Å². The number of hydrogen-bond donors (Lipinski definition) is 1. The fourth-order valence-electron chi connectivity index (χ4n) is 2.35. The summed E-state index contributed by atoms with van der Waals surface area (Å²) in [5, 5.41) is 14.7. The van der Waals surface area contributed by atoms with Crippen LogP contribution in [0.5, 0.6) is 0 Å². The molecule has 4 aromatic rings. The number of carbonyl (C=O) groups excluding carboxylic acids is 1. The van der Waals surface area contributed by atoms with Gasteiger partial charge in [-0.15, -0.1) is 0 Å². The molecule has 0 aliphatic heterocycles. The first-order valence-corrected chi connectivity index (χ1v) is 8.20. The van der Waals surface area contributed by atoms with Crippen LogP contribution in [-0.2, 0) is 17.9 Å². The lowest BCUT2D eigenvalue weighted by molar-refractivity contribution is 0.0434. The van der Waals surface area contributed by atoms with Gasteiger partial charge in [0, 0.05) is 6.20 Å². The van der Waals surface area contributed by atoms with Crippen LogP contribution in [-0.4, -0.2) is 31.2 Å². The minimum Gasteiger partial charge on any atom is -0.455 e. The molecular weight excluding hydrogens is 390 g/mol. The molecule has 3 aromatic heterocycles. The Balaban J connectivity index is 1.39. The molecule has 1 N–H and O–H groups in total. The van der Waals surface area contributed by atoms with Gasteiger partial charge in [0.2, 0.25) is 5.76 Å². The van der Waals surface area contributed by atoms with E-state index in [0.717, 1.165) is 21.1 Å². The van der Waals surface area contributed by atoms with E-state index in [2.05, 4.69) is 36.4 Å². The Kier molecular flexibility index (Phi) is 4.06. The van der Waals surface area contributed by atoms with Crippen LogP contribution in [0.4, 0.5) is 0 Å². The lowest BCUT2D eigenvalue weighted by atomic mass is 10.2. The topological polar surface area (TPSA) is 98.8 Å². The molecule has 0 saturated carbocycles. The molecule has 0 unspecified atom stereocenters. The Morgan fingerprint density at radius 3 is 2.96 bits per heavy atom. The van der Waals surface area contributed by atoms with E-state index in [1.54, 1.807) is 23.0 Å². The van der Waals surface area contributed by atoms with E-state index in [1.165, 1.54) is 0 Å². The quantitative estimate of drug-likeness (QED) is 0.516. The zero-order chi connectivity index (χ0) is 17.2. The van der Waals surface area contributed by atoms with E-state index in [9.17, 15) is 4.79 Å². The van der Waals surface area contributed by atoms with E-state index in [1.807, 2.05) is 24.4 Å². The maximum Gasteiger partial charge on any atom is 0.374 e. The number of carbonyl (C=O) groups is 1. The number of H-pyrrole nitrogens is 1. The van der Waals surface area contributed by atoms with Gasteiger partial charge < -0.3 is 9.15 Å². The monoisotopic (exact) mass is 401 g/mol. The summed E-state index contributed by atoms with van der Waals surface area (Å²) in [6.45, 7) is 0.561. The van der Waals surface area contributed by atoms with Gasteiger partial charge in [-0.25, -0.2) is 4.79 Å². The van der Waals surface area contributed by atoms with Crippen molar-refractivity contribution < 1.29 is 13.9 Å². The van der Waals surface area contributed by atoms with Gasteiger partial charge in [-0.2, -0.15) is 20.5 Å². The number of esters is 1. The highest BCUT2D eigenvalue weighted by Crippen LogP contribution is 2.15. The number of aromatic amines is 1. The molecular formula is C16H12BrN5O3. The van der Waals surface area contributed by atoms with Gasteiger partial charge in [-0.1, -0.05) is 6.07 Å². The molecule has 0 amide bonds. The van der Waals surface area contributed by atoms with Crippen molar-refractivity contribution in [2.75, 3.05) is 0 Å². The van der Waals surface area contributed by atoms with Crippen molar-refractivity contribution in [3.63, 3.8) is 0 Å². The van der Waals surface area contributed by atoms with Crippen molar-refractivity contribution in [3.8, 4) is 0 Å². The van der Waals surface area contributed by atoms with Crippen molar-refractivity contribution in [2.24, 2.45) is 0 Å².